The monoisotopic (exact) mass is 275 g/mol. The molecule has 0 heterocycles. The van der Waals surface area contributed by atoms with E-state index in [0.29, 0.717) is 11.8 Å². The lowest BCUT2D eigenvalue weighted by Crippen LogP contribution is -2.30. The summed E-state index contributed by atoms with van der Waals surface area (Å²) < 4.78 is 5.91. The molecule has 1 atom stereocenters. The molecular weight excluding hydrogens is 246 g/mol. The van der Waals surface area contributed by atoms with Crippen LogP contribution in [0.15, 0.2) is 30.3 Å². The van der Waals surface area contributed by atoms with Gasteiger partial charge in [-0.3, -0.25) is 0 Å². The molecule has 1 aliphatic rings. The first-order valence-corrected chi connectivity index (χ1v) is 8.06. The standard InChI is InChI=1S/C18H29NO/c1-15(2)11-19-12-18(14-20-13-17-8-9-17)10-16-6-4-3-5-7-16/h3-7,15,17-19H,8-14H2,1-2H3. The van der Waals surface area contributed by atoms with Gasteiger partial charge in [0.1, 0.15) is 0 Å². The van der Waals surface area contributed by atoms with Crippen molar-refractivity contribution in [1.29, 1.82) is 0 Å². The number of benzene rings is 1. The molecule has 1 unspecified atom stereocenters. The van der Waals surface area contributed by atoms with E-state index in [2.05, 4.69) is 49.5 Å². The fraction of sp³-hybridized carbons (Fsp3) is 0.667. The summed E-state index contributed by atoms with van der Waals surface area (Å²) in [5.74, 6) is 2.14. The Labute approximate surface area is 123 Å². The molecule has 1 saturated carbocycles. The van der Waals surface area contributed by atoms with Crippen LogP contribution in [-0.2, 0) is 11.2 Å². The first kappa shape index (κ1) is 15.5. The third-order valence-corrected chi connectivity index (χ3v) is 3.76. The molecule has 2 rings (SSSR count). The first-order valence-electron chi connectivity index (χ1n) is 8.06. The molecule has 0 radical (unpaired) electrons. The van der Waals surface area contributed by atoms with Crippen LogP contribution in [0.1, 0.15) is 32.3 Å². The van der Waals surface area contributed by atoms with Gasteiger partial charge in [-0.1, -0.05) is 44.2 Å². The van der Waals surface area contributed by atoms with Crippen molar-refractivity contribution >= 4 is 0 Å². The second kappa shape index (κ2) is 8.43. The maximum Gasteiger partial charge on any atom is 0.0509 e. The summed E-state index contributed by atoms with van der Waals surface area (Å²) in [7, 11) is 0. The van der Waals surface area contributed by atoms with Crippen molar-refractivity contribution in [3.63, 3.8) is 0 Å². The molecule has 0 aliphatic heterocycles. The smallest absolute Gasteiger partial charge is 0.0509 e. The van der Waals surface area contributed by atoms with Crippen LogP contribution in [0.3, 0.4) is 0 Å². The van der Waals surface area contributed by atoms with Gasteiger partial charge in [-0.2, -0.15) is 0 Å². The molecule has 0 bridgehead atoms. The molecule has 20 heavy (non-hydrogen) atoms. The Morgan fingerprint density at radius 2 is 1.90 bits per heavy atom. The van der Waals surface area contributed by atoms with E-state index in [1.54, 1.807) is 0 Å². The summed E-state index contributed by atoms with van der Waals surface area (Å²) in [5.41, 5.74) is 1.42. The first-order chi connectivity index (χ1) is 9.74. The molecule has 112 valence electrons. The highest BCUT2D eigenvalue weighted by molar-refractivity contribution is 5.15. The van der Waals surface area contributed by atoms with Crippen molar-refractivity contribution in [3.8, 4) is 0 Å². The van der Waals surface area contributed by atoms with Gasteiger partial charge < -0.3 is 10.1 Å². The quantitative estimate of drug-likeness (QED) is 0.705. The normalized spacial score (nSPS) is 16.6. The molecule has 1 N–H and O–H groups in total. The Kier molecular flexibility index (Phi) is 6.55. The topological polar surface area (TPSA) is 21.3 Å². The van der Waals surface area contributed by atoms with Gasteiger partial charge in [-0.15, -0.1) is 0 Å². The molecular formula is C18H29NO. The SMILES string of the molecule is CC(C)CNCC(COCC1CC1)Cc1ccccc1. The van der Waals surface area contributed by atoms with Gasteiger partial charge in [0.2, 0.25) is 0 Å². The van der Waals surface area contributed by atoms with E-state index >= 15 is 0 Å². The van der Waals surface area contributed by atoms with Gasteiger partial charge in [0.15, 0.2) is 0 Å². The zero-order chi connectivity index (χ0) is 14.2. The zero-order valence-corrected chi connectivity index (χ0v) is 13.0. The van der Waals surface area contributed by atoms with E-state index in [1.807, 2.05) is 0 Å². The number of rotatable bonds is 10. The lowest BCUT2D eigenvalue weighted by molar-refractivity contribution is 0.0905. The molecule has 2 nitrogen and oxygen atoms in total. The molecule has 1 aromatic rings. The van der Waals surface area contributed by atoms with E-state index in [-0.39, 0.29) is 0 Å². The Balaban J connectivity index is 1.74. The van der Waals surface area contributed by atoms with Crippen molar-refractivity contribution in [2.75, 3.05) is 26.3 Å². The number of hydrogen-bond acceptors (Lipinski definition) is 2. The molecule has 0 amide bonds. The Morgan fingerprint density at radius 3 is 2.55 bits per heavy atom. The minimum Gasteiger partial charge on any atom is -0.381 e. The molecule has 0 spiro atoms. The van der Waals surface area contributed by atoms with Crippen molar-refractivity contribution in [3.05, 3.63) is 35.9 Å². The number of ether oxygens (including phenoxy) is 1. The molecule has 0 saturated heterocycles. The summed E-state index contributed by atoms with van der Waals surface area (Å²) in [5, 5.41) is 3.58. The molecule has 1 fully saturated rings. The summed E-state index contributed by atoms with van der Waals surface area (Å²) in [6.07, 6.45) is 3.85. The van der Waals surface area contributed by atoms with Crippen LogP contribution in [0.5, 0.6) is 0 Å². The highest BCUT2D eigenvalue weighted by atomic mass is 16.5. The van der Waals surface area contributed by atoms with Gasteiger partial charge in [0, 0.05) is 13.2 Å². The van der Waals surface area contributed by atoms with Crippen LogP contribution in [0.4, 0.5) is 0 Å². The molecule has 0 aromatic heterocycles. The van der Waals surface area contributed by atoms with E-state index in [0.717, 1.165) is 38.6 Å². The third kappa shape index (κ3) is 6.53. The average molecular weight is 275 g/mol. The van der Waals surface area contributed by atoms with Gasteiger partial charge in [0.25, 0.3) is 0 Å². The Hall–Kier alpha value is -0.860. The molecule has 1 aromatic carbocycles. The van der Waals surface area contributed by atoms with E-state index in [1.165, 1.54) is 18.4 Å². The van der Waals surface area contributed by atoms with Crippen LogP contribution in [-0.4, -0.2) is 26.3 Å². The van der Waals surface area contributed by atoms with Crippen molar-refractivity contribution in [2.24, 2.45) is 17.8 Å². The van der Waals surface area contributed by atoms with Crippen LogP contribution >= 0.6 is 0 Å². The summed E-state index contributed by atoms with van der Waals surface area (Å²) in [4.78, 5) is 0. The minimum absolute atomic E-state index is 0.579. The van der Waals surface area contributed by atoms with Gasteiger partial charge in [-0.05, 0) is 49.1 Å². The lowest BCUT2D eigenvalue weighted by atomic mass is 10.00. The van der Waals surface area contributed by atoms with Crippen LogP contribution in [0.2, 0.25) is 0 Å². The molecule has 2 heteroatoms. The minimum atomic E-state index is 0.579. The van der Waals surface area contributed by atoms with Gasteiger partial charge in [-0.25, -0.2) is 0 Å². The maximum atomic E-state index is 5.91. The van der Waals surface area contributed by atoms with E-state index in [4.69, 9.17) is 4.74 Å². The van der Waals surface area contributed by atoms with E-state index in [9.17, 15) is 0 Å². The number of nitrogens with one attached hydrogen (secondary N) is 1. The lowest BCUT2D eigenvalue weighted by Gasteiger charge is -2.19. The summed E-state index contributed by atoms with van der Waals surface area (Å²) in [6, 6.07) is 10.8. The summed E-state index contributed by atoms with van der Waals surface area (Å²) >= 11 is 0. The summed E-state index contributed by atoms with van der Waals surface area (Å²) in [6.45, 7) is 8.50. The highest BCUT2D eigenvalue weighted by Crippen LogP contribution is 2.29. The Morgan fingerprint density at radius 1 is 1.15 bits per heavy atom. The van der Waals surface area contributed by atoms with Crippen LogP contribution < -0.4 is 5.32 Å². The fourth-order valence-electron chi connectivity index (χ4n) is 2.40. The second-order valence-corrected chi connectivity index (χ2v) is 6.59. The second-order valence-electron chi connectivity index (χ2n) is 6.59. The Bertz CT molecular complexity index is 351. The predicted molar refractivity (Wildman–Crippen MR) is 84.9 cm³/mol. The predicted octanol–water partition coefficient (Wildman–Crippen LogP) is 3.52. The number of hydrogen-bond donors (Lipinski definition) is 1. The van der Waals surface area contributed by atoms with Gasteiger partial charge >= 0.3 is 0 Å². The van der Waals surface area contributed by atoms with Crippen molar-refractivity contribution < 1.29 is 4.74 Å². The van der Waals surface area contributed by atoms with Gasteiger partial charge in [0.05, 0.1) is 6.61 Å². The van der Waals surface area contributed by atoms with Crippen molar-refractivity contribution in [2.45, 2.75) is 33.1 Å². The van der Waals surface area contributed by atoms with Crippen molar-refractivity contribution in [1.82, 2.24) is 5.32 Å². The maximum absolute atomic E-state index is 5.91. The van der Waals surface area contributed by atoms with Crippen LogP contribution in [0.25, 0.3) is 0 Å². The largest absolute Gasteiger partial charge is 0.381 e. The fourth-order valence-corrected chi connectivity index (χ4v) is 2.40. The third-order valence-electron chi connectivity index (χ3n) is 3.76. The molecule has 1 aliphatic carbocycles. The highest BCUT2D eigenvalue weighted by Gasteiger charge is 2.21. The van der Waals surface area contributed by atoms with Crippen LogP contribution in [0, 0.1) is 17.8 Å². The zero-order valence-electron chi connectivity index (χ0n) is 13.0. The average Bonchev–Trinajstić information content (AvgIpc) is 3.23. The van der Waals surface area contributed by atoms with E-state index < -0.39 is 0 Å².